The molecule has 1 amide bonds. The normalized spacial score (nSPS) is 16.9. The number of hydrogen-bond donors (Lipinski definition) is 0. The van der Waals surface area contributed by atoms with Gasteiger partial charge in [0, 0.05) is 11.1 Å². The molecule has 0 spiro atoms. The zero-order valence-corrected chi connectivity index (χ0v) is 25.7. The Bertz CT molecular complexity index is 1370. The van der Waals surface area contributed by atoms with Gasteiger partial charge in [-0.3, -0.25) is 4.90 Å². The molecule has 1 fully saturated rings. The van der Waals surface area contributed by atoms with Crippen LogP contribution < -0.4 is 9.47 Å². The topological polar surface area (TPSA) is 83.0 Å². The molecule has 3 aromatic rings. The van der Waals surface area contributed by atoms with E-state index in [4.69, 9.17) is 42.1 Å². The first-order valence-corrected chi connectivity index (χ1v) is 14.3. The Hall–Kier alpha value is -2.66. The molecule has 1 atom stereocenters. The standard InChI is InChI=1S/C28H32Cl2FN3O5S/c1-15(2)38-22-9-8-16(10-19(22)29)24-32-33-25(40-24)17-11-20(30)23(21(31)12-17)36-13-18-14-37-28(6,7)34(18)26(35)39-27(3,4)5/h8-12,15,18H,13-14H2,1-7H3. The first-order valence-electron chi connectivity index (χ1n) is 12.7. The van der Waals surface area contributed by atoms with E-state index >= 15 is 4.39 Å². The summed E-state index contributed by atoms with van der Waals surface area (Å²) in [6.07, 6.45) is -0.550. The Labute approximate surface area is 247 Å². The molecule has 12 heteroatoms. The van der Waals surface area contributed by atoms with E-state index in [0.717, 1.165) is 5.56 Å². The number of carbonyl (C=O) groups excluding carboxylic acids is 1. The SMILES string of the molecule is CC(C)Oc1ccc(-c2nnc(-c3cc(F)c(OCC4COC(C)(C)N4C(=O)OC(C)(C)C)c(Cl)c3)s2)cc1Cl. The number of halogens is 3. The van der Waals surface area contributed by atoms with Gasteiger partial charge < -0.3 is 18.9 Å². The Morgan fingerprint density at radius 3 is 2.40 bits per heavy atom. The third kappa shape index (κ3) is 6.97. The highest BCUT2D eigenvalue weighted by Gasteiger charge is 2.46. The predicted octanol–water partition coefficient (Wildman–Crippen LogP) is 7.86. The molecule has 2 aromatic carbocycles. The fourth-order valence-electron chi connectivity index (χ4n) is 4.13. The van der Waals surface area contributed by atoms with E-state index < -0.39 is 29.3 Å². The second-order valence-electron chi connectivity index (χ2n) is 11.1. The van der Waals surface area contributed by atoms with Crippen LogP contribution in [0.4, 0.5) is 9.18 Å². The van der Waals surface area contributed by atoms with E-state index in [9.17, 15) is 4.79 Å². The van der Waals surface area contributed by atoms with Crippen LogP contribution >= 0.6 is 34.5 Å². The average molecular weight is 613 g/mol. The molecule has 1 unspecified atom stereocenters. The van der Waals surface area contributed by atoms with Gasteiger partial charge in [-0.05, 0) is 78.8 Å². The fraction of sp³-hybridized carbons (Fsp3) is 0.464. The molecule has 0 bridgehead atoms. The van der Waals surface area contributed by atoms with Gasteiger partial charge in [0.05, 0.1) is 28.8 Å². The highest BCUT2D eigenvalue weighted by molar-refractivity contribution is 7.17. The number of carbonyl (C=O) groups is 1. The summed E-state index contributed by atoms with van der Waals surface area (Å²) in [5.41, 5.74) is -0.392. The third-order valence-corrected chi connectivity index (χ3v) is 7.39. The summed E-state index contributed by atoms with van der Waals surface area (Å²) in [6.45, 7) is 12.9. The van der Waals surface area contributed by atoms with Crippen LogP contribution in [0, 0.1) is 5.82 Å². The van der Waals surface area contributed by atoms with Gasteiger partial charge in [-0.15, -0.1) is 10.2 Å². The van der Waals surface area contributed by atoms with Crippen LogP contribution in [0.5, 0.6) is 11.5 Å². The van der Waals surface area contributed by atoms with Gasteiger partial charge in [-0.25, -0.2) is 9.18 Å². The van der Waals surface area contributed by atoms with Crippen molar-refractivity contribution >= 4 is 40.6 Å². The van der Waals surface area contributed by atoms with Gasteiger partial charge in [0.25, 0.3) is 0 Å². The van der Waals surface area contributed by atoms with Crippen molar-refractivity contribution in [2.75, 3.05) is 13.2 Å². The summed E-state index contributed by atoms with van der Waals surface area (Å²) in [4.78, 5) is 14.3. The van der Waals surface area contributed by atoms with Crippen molar-refractivity contribution in [2.24, 2.45) is 0 Å². The maximum atomic E-state index is 15.2. The maximum Gasteiger partial charge on any atom is 0.413 e. The zero-order chi connectivity index (χ0) is 29.4. The van der Waals surface area contributed by atoms with Gasteiger partial charge in [0.15, 0.2) is 11.6 Å². The number of nitrogens with zero attached hydrogens (tertiary/aromatic N) is 3. The van der Waals surface area contributed by atoms with E-state index in [2.05, 4.69) is 10.2 Å². The van der Waals surface area contributed by atoms with Crippen molar-refractivity contribution in [2.45, 2.75) is 71.9 Å². The van der Waals surface area contributed by atoms with Crippen LogP contribution in [0.3, 0.4) is 0 Å². The van der Waals surface area contributed by atoms with Crippen LogP contribution in [0.2, 0.25) is 10.0 Å². The van der Waals surface area contributed by atoms with E-state index in [-0.39, 0.29) is 30.1 Å². The average Bonchev–Trinajstić information content (AvgIpc) is 3.43. The summed E-state index contributed by atoms with van der Waals surface area (Å²) in [5, 5.41) is 10.1. The molecule has 0 radical (unpaired) electrons. The molecule has 4 rings (SSSR count). The van der Waals surface area contributed by atoms with Crippen molar-refractivity contribution in [3.05, 3.63) is 46.2 Å². The number of amides is 1. The molecule has 1 aliphatic heterocycles. The molecule has 1 aliphatic rings. The lowest BCUT2D eigenvalue weighted by Gasteiger charge is -2.35. The smallest absolute Gasteiger partial charge is 0.413 e. The monoisotopic (exact) mass is 611 g/mol. The number of rotatable bonds is 7. The van der Waals surface area contributed by atoms with Crippen molar-refractivity contribution in [1.82, 2.24) is 15.1 Å². The first-order chi connectivity index (χ1) is 18.6. The van der Waals surface area contributed by atoms with E-state index in [1.54, 1.807) is 52.8 Å². The van der Waals surface area contributed by atoms with Crippen LogP contribution in [0.25, 0.3) is 21.1 Å². The van der Waals surface area contributed by atoms with Crippen molar-refractivity contribution in [3.8, 4) is 32.6 Å². The lowest BCUT2D eigenvalue weighted by atomic mass is 10.2. The van der Waals surface area contributed by atoms with Crippen molar-refractivity contribution < 1.29 is 28.1 Å². The minimum atomic E-state index is -0.913. The van der Waals surface area contributed by atoms with Crippen LogP contribution in [-0.4, -0.2) is 57.9 Å². The highest BCUT2D eigenvalue weighted by atomic mass is 35.5. The summed E-state index contributed by atoms with van der Waals surface area (Å²) in [7, 11) is 0. The first kappa shape index (κ1) is 30.3. The molecule has 0 saturated carbocycles. The van der Waals surface area contributed by atoms with E-state index in [0.29, 0.717) is 26.4 Å². The highest BCUT2D eigenvalue weighted by Crippen LogP contribution is 2.38. The molecular weight excluding hydrogens is 580 g/mol. The molecule has 2 heterocycles. The zero-order valence-electron chi connectivity index (χ0n) is 23.4. The van der Waals surface area contributed by atoms with Crippen LogP contribution in [0.1, 0.15) is 48.5 Å². The minimum Gasteiger partial charge on any atom is -0.489 e. The summed E-state index contributed by atoms with van der Waals surface area (Å²) in [6, 6.07) is 7.73. The van der Waals surface area contributed by atoms with Crippen LogP contribution in [0.15, 0.2) is 30.3 Å². The number of aromatic nitrogens is 2. The van der Waals surface area contributed by atoms with Crippen molar-refractivity contribution in [1.29, 1.82) is 0 Å². The molecule has 8 nitrogen and oxygen atoms in total. The molecule has 1 aromatic heterocycles. The molecule has 216 valence electrons. The Morgan fingerprint density at radius 1 is 1.15 bits per heavy atom. The summed E-state index contributed by atoms with van der Waals surface area (Å²) < 4.78 is 38.0. The Kier molecular flexibility index (Phi) is 8.85. The van der Waals surface area contributed by atoms with Crippen LogP contribution in [-0.2, 0) is 9.47 Å². The maximum absolute atomic E-state index is 15.2. The lowest BCUT2D eigenvalue weighted by molar-refractivity contribution is -0.0637. The fourth-order valence-corrected chi connectivity index (χ4v) is 5.44. The van der Waals surface area contributed by atoms with Gasteiger partial charge >= 0.3 is 6.09 Å². The number of ether oxygens (including phenoxy) is 4. The summed E-state index contributed by atoms with van der Waals surface area (Å²) in [5.74, 6) is -0.215. The van der Waals surface area contributed by atoms with Gasteiger partial charge in [0.2, 0.25) is 0 Å². The van der Waals surface area contributed by atoms with E-state index in [1.165, 1.54) is 22.3 Å². The Balaban J connectivity index is 1.49. The second-order valence-corrected chi connectivity index (χ2v) is 12.9. The molecular formula is C28H32Cl2FN3O5S. The van der Waals surface area contributed by atoms with E-state index in [1.807, 2.05) is 19.9 Å². The summed E-state index contributed by atoms with van der Waals surface area (Å²) >= 11 is 14.1. The molecule has 0 aliphatic carbocycles. The largest absolute Gasteiger partial charge is 0.489 e. The molecule has 40 heavy (non-hydrogen) atoms. The number of benzene rings is 2. The van der Waals surface area contributed by atoms with Crippen molar-refractivity contribution in [3.63, 3.8) is 0 Å². The Morgan fingerprint density at radius 2 is 1.80 bits per heavy atom. The van der Waals surface area contributed by atoms with Gasteiger partial charge in [-0.2, -0.15) is 0 Å². The lowest BCUT2D eigenvalue weighted by Crippen LogP contribution is -2.51. The minimum absolute atomic E-state index is 0.00895. The van der Waals surface area contributed by atoms with Gasteiger partial charge in [0.1, 0.15) is 33.7 Å². The third-order valence-electron chi connectivity index (χ3n) is 5.80. The molecule has 0 N–H and O–H groups in total. The quantitative estimate of drug-likeness (QED) is 0.269. The second kappa shape index (κ2) is 11.7. The number of hydrogen-bond acceptors (Lipinski definition) is 8. The predicted molar refractivity (Wildman–Crippen MR) is 154 cm³/mol. The van der Waals surface area contributed by atoms with Gasteiger partial charge in [-0.1, -0.05) is 34.5 Å². The molecule has 1 saturated heterocycles.